The van der Waals surface area contributed by atoms with E-state index in [0.29, 0.717) is 6.42 Å². The molecule has 4 nitrogen and oxygen atoms in total. The number of carbonyl (C=O) groups is 2. The molecule has 4 heteroatoms. The minimum atomic E-state index is -0.147. The fraction of sp³-hybridized carbons (Fsp3) is 0.333. The predicted octanol–water partition coefficient (Wildman–Crippen LogP) is 4.34. The minimum absolute atomic E-state index is 0.0121. The molecule has 0 spiro atoms. The van der Waals surface area contributed by atoms with Crippen molar-refractivity contribution in [3.05, 3.63) is 60.2 Å². The average molecular weight is 336 g/mol. The van der Waals surface area contributed by atoms with Crippen LogP contribution in [0.15, 0.2) is 54.6 Å². The number of anilines is 2. The summed E-state index contributed by atoms with van der Waals surface area (Å²) in [6.45, 7) is 2.86. The molecule has 0 bridgehead atoms. The zero-order chi connectivity index (χ0) is 17.6. The van der Waals surface area contributed by atoms with E-state index in [0.717, 1.165) is 42.7 Å². The molecule has 0 radical (unpaired) electrons. The van der Waals surface area contributed by atoms with Crippen molar-refractivity contribution in [1.29, 1.82) is 0 Å². The van der Waals surface area contributed by atoms with Crippen LogP contribution in [0.1, 0.15) is 44.1 Å². The van der Waals surface area contributed by atoms with Crippen LogP contribution in [0.2, 0.25) is 0 Å². The first-order valence-electron chi connectivity index (χ1n) is 8.95. The lowest BCUT2D eigenvalue weighted by Crippen LogP contribution is -2.24. The molecule has 25 heavy (non-hydrogen) atoms. The summed E-state index contributed by atoms with van der Waals surface area (Å²) in [6.07, 6.45) is 3.29. The van der Waals surface area contributed by atoms with Gasteiger partial charge in [-0.25, -0.2) is 0 Å². The summed E-state index contributed by atoms with van der Waals surface area (Å²) in [6, 6.07) is 17.4. The summed E-state index contributed by atoms with van der Waals surface area (Å²) in [5.74, 6) is 0.0351. The molecular weight excluding hydrogens is 312 g/mol. The second-order valence-corrected chi connectivity index (χ2v) is 6.44. The van der Waals surface area contributed by atoms with Crippen molar-refractivity contribution in [1.82, 2.24) is 0 Å². The van der Waals surface area contributed by atoms with Gasteiger partial charge in [-0.2, -0.15) is 0 Å². The van der Waals surface area contributed by atoms with Crippen LogP contribution < -0.4 is 10.2 Å². The van der Waals surface area contributed by atoms with Crippen LogP contribution in [-0.4, -0.2) is 18.4 Å². The van der Waals surface area contributed by atoms with Gasteiger partial charge in [-0.15, -0.1) is 0 Å². The molecule has 1 atom stereocenters. The Bertz CT molecular complexity index is 725. The van der Waals surface area contributed by atoms with E-state index in [1.807, 2.05) is 54.6 Å². The van der Waals surface area contributed by atoms with Crippen LogP contribution in [0.4, 0.5) is 11.4 Å². The lowest BCUT2D eigenvalue weighted by molar-refractivity contribution is -0.118. The van der Waals surface area contributed by atoms with Crippen molar-refractivity contribution in [2.45, 2.75) is 38.5 Å². The summed E-state index contributed by atoms with van der Waals surface area (Å²) in [5, 5.41) is 3.01. The highest BCUT2D eigenvalue weighted by Gasteiger charge is 2.22. The predicted molar refractivity (Wildman–Crippen MR) is 101 cm³/mol. The first kappa shape index (κ1) is 17.2. The molecule has 1 fully saturated rings. The summed E-state index contributed by atoms with van der Waals surface area (Å²) >= 11 is 0. The number of nitrogens with zero attached hydrogens (tertiary/aromatic N) is 1. The third-order valence-corrected chi connectivity index (χ3v) is 4.62. The van der Waals surface area contributed by atoms with Crippen molar-refractivity contribution in [3.8, 4) is 0 Å². The van der Waals surface area contributed by atoms with Crippen molar-refractivity contribution in [2.24, 2.45) is 0 Å². The maximum absolute atomic E-state index is 12.7. The van der Waals surface area contributed by atoms with Gasteiger partial charge in [-0.05, 0) is 42.7 Å². The smallest absolute Gasteiger partial charge is 0.231 e. The lowest BCUT2D eigenvalue weighted by Gasteiger charge is -2.18. The van der Waals surface area contributed by atoms with Gasteiger partial charge in [-0.1, -0.05) is 43.7 Å². The quantitative estimate of drug-likeness (QED) is 0.853. The molecule has 1 aliphatic heterocycles. The van der Waals surface area contributed by atoms with Gasteiger partial charge in [0.1, 0.15) is 0 Å². The molecule has 3 rings (SSSR count). The number of hydrogen-bond donors (Lipinski definition) is 1. The Morgan fingerprint density at radius 1 is 1.12 bits per heavy atom. The molecule has 1 saturated heterocycles. The summed E-state index contributed by atoms with van der Waals surface area (Å²) in [5.41, 5.74) is 2.70. The highest BCUT2D eigenvalue weighted by molar-refractivity contribution is 5.97. The molecule has 1 aliphatic rings. The van der Waals surface area contributed by atoms with Crippen molar-refractivity contribution in [2.75, 3.05) is 16.8 Å². The SMILES string of the molecule is CCC[C@@H](C(=O)Nc1ccc(N2CCCC2=O)cc1)c1ccccc1. The van der Waals surface area contributed by atoms with Gasteiger partial charge in [0.05, 0.1) is 5.92 Å². The first-order chi connectivity index (χ1) is 12.2. The maximum Gasteiger partial charge on any atom is 0.231 e. The Morgan fingerprint density at radius 3 is 2.44 bits per heavy atom. The molecule has 0 aromatic heterocycles. The number of amides is 2. The Hall–Kier alpha value is -2.62. The third kappa shape index (κ3) is 4.08. The van der Waals surface area contributed by atoms with E-state index in [4.69, 9.17) is 0 Å². The zero-order valence-electron chi connectivity index (χ0n) is 14.6. The van der Waals surface area contributed by atoms with Gasteiger partial charge in [0, 0.05) is 24.3 Å². The topological polar surface area (TPSA) is 49.4 Å². The molecule has 0 aliphatic carbocycles. The average Bonchev–Trinajstić information content (AvgIpc) is 3.07. The van der Waals surface area contributed by atoms with E-state index in [2.05, 4.69) is 12.2 Å². The minimum Gasteiger partial charge on any atom is -0.326 e. The van der Waals surface area contributed by atoms with Crippen molar-refractivity contribution in [3.63, 3.8) is 0 Å². The summed E-state index contributed by atoms with van der Waals surface area (Å²) in [4.78, 5) is 26.3. The second-order valence-electron chi connectivity index (χ2n) is 6.44. The number of hydrogen-bond acceptors (Lipinski definition) is 2. The molecule has 2 aromatic carbocycles. The fourth-order valence-electron chi connectivity index (χ4n) is 3.30. The standard InChI is InChI=1S/C21H24N2O2/c1-2-7-19(16-8-4-3-5-9-16)21(25)22-17-11-13-18(14-12-17)23-15-6-10-20(23)24/h3-5,8-9,11-14,19H,2,6-7,10,15H2,1H3,(H,22,25)/t19-/m1/s1. The van der Waals surface area contributed by atoms with Gasteiger partial charge in [-0.3, -0.25) is 9.59 Å². The Morgan fingerprint density at radius 2 is 1.84 bits per heavy atom. The van der Waals surface area contributed by atoms with Crippen LogP contribution in [-0.2, 0) is 9.59 Å². The molecule has 2 aromatic rings. The summed E-state index contributed by atoms with van der Waals surface area (Å²) < 4.78 is 0. The highest BCUT2D eigenvalue weighted by atomic mass is 16.2. The molecule has 1 heterocycles. The largest absolute Gasteiger partial charge is 0.326 e. The van der Waals surface area contributed by atoms with E-state index < -0.39 is 0 Å². The third-order valence-electron chi connectivity index (χ3n) is 4.62. The van der Waals surface area contributed by atoms with Gasteiger partial charge in [0.15, 0.2) is 0 Å². The second kappa shape index (κ2) is 7.97. The van der Waals surface area contributed by atoms with E-state index >= 15 is 0 Å². The van der Waals surface area contributed by atoms with Crippen LogP contribution in [0.5, 0.6) is 0 Å². The maximum atomic E-state index is 12.7. The molecule has 2 amide bonds. The number of carbonyl (C=O) groups excluding carboxylic acids is 2. The molecule has 1 N–H and O–H groups in total. The van der Waals surface area contributed by atoms with Crippen molar-refractivity contribution >= 4 is 23.2 Å². The fourth-order valence-corrected chi connectivity index (χ4v) is 3.30. The molecule has 130 valence electrons. The van der Waals surface area contributed by atoms with Crippen LogP contribution in [0.3, 0.4) is 0 Å². The molecular formula is C21H24N2O2. The van der Waals surface area contributed by atoms with Crippen LogP contribution in [0.25, 0.3) is 0 Å². The van der Waals surface area contributed by atoms with E-state index in [9.17, 15) is 9.59 Å². The highest BCUT2D eigenvalue weighted by Crippen LogP contribution is 2.26. The van der Waals surface area contributed by atoms with E-state index in [1.54, 1.807) is 4.90 Å². The molecule has 0 saturated carbocycles. The number of rotatable bonds is 6. The monoisotopic (exact) mass is 336 g/mol. The van der Waals surface area contributed by atoms with Gasteiger partial charge in [0.25, 0.3) is 0 Å². The molecule has 0 unspecified atom stereocenters. The Kier molecular flexibility index (Phi) is 5.49. The lowest BCUT2D eigenvalue weighted by atomic mass is 9.93. The van der Waals surface area contributed by atoms with E-state index in [1.165, 1.54) is 0 Å². The number of benzene rings is 2. The van der Waals surface area contributed by atoms with Gasteiger partial charge in [0.2, 0.25) is 11.8 Å². The Balaban J connectivity index is 1.70. The zero-order valence-corrected chi connectivity index (χ0v) is 14.6. The van der Waals surface area contributed by atoms with Gasteiger partial charge >= 0.3 is 0 Å². The first-order valence-corrected chi connectivity index (χ1v) is 8.95. The normalized spacial score (nSPS) is 15.2. The Labute approximate surface area is 148 Å². The summed E-state index contributed by atoms with van der Waals surface area (Å²) in [7, 11) is 0. The van der Waals surface area contributed by atoms with E-state index in [-0.39, 0.29) is 17.7 Å². The van der Waals surface area contributed by atoms with Gasteiger partial charge < -0.3 is 10.2 Å². The van der Waals surface area contributed by atoms with Crippen LogP contribution in [0, 0.1) is 0 Å². The van der Waals surface area contributed by atoms with Crippen LogP contribution >= 0.6 is 0 Å². The number of nitrogens with one attached hydrogen (secondary N) is 1. The van der Waals surface area contributed by atoms with Crippen molar-refractivity contribution < 1.29 is 9.59 Å².